The van der Waals surface area contributed by atoms with Gasteiger partial charge in [0.2, 0.25) is 0 Å². The van der Waals surface area contributed by atoms with Gasteiger partial charge in [-0.1, -0.05) is 177 Å². The van der Waals surface area contributed by atoms with Crippen molar-refractivity contribution in [1.82, 2.24) is 0 Å². The zero-order chi connectivity index (χ0) is 34.0. The number of unbranched alkanes of at least 4 members (excludes halogenated alkanes) is 10. The lowest BCUT2D eigenvalue weighted by Crippen LogP contribution is -2.06. The fourth-order valence-corrected chi connectivity index (χ4v) is 7.43. The Morgan fingerprint density at radius 1 is 0.312 bits per heavy atom. The van der Waals surface area contributed by atoms with Gasteiger partial charge in [-0.15, -0.1) is 0 Å². The van der Waals surface area contributed by atoms with E-state index in [9.17, 15) is 0 Å². The maximum absolute atomic E-state index is 6.04. The standard InChI is InChI=1S/C46H64N2/c1-4-7-10-11-12-13-14-15-16-19-46(38-24-20-36(21-25-38)44(17-8-5-2)40-28-32-42(47)33-29-40)39-26-22-37(23-27-39)45(18-9-6-3)41-30-34-43(48)35-31-41/h20-35,44-46H,4-19,47-48H2,1-3H3. The van der Waals surface area contributed by atoms with Gasteiger partial charge in [0, 0.05) is 29.1 Å². The summed E-state index contributed by atoms with van der Waals surface area (Å²) < 4.78 is 0. The molecule has 48 heavy (non-hydrogen) atoms. The largest absolute Gasteiger partial charge is 0.399 e. The van der Waals surface area contributed by atoms with Crippen molar-refractivity contribution in [3.05, 3.63) is 130 Å². The topological polar surface area (TPSA) is 52.0 Å². The normalized spacial score (nSPS) is 13.3. The summed E-state index contributed by atoms with van der Waals surface area (Å²) in [6, 6.07) is 36.4. The number of hydrogen-bond donors (Lipinski definition) is 2. The Balaban J connectivity index is 1.54. The predicted octanol–water partition coefficient (Wildman–Crippen LogP) is 13.5. The lowest BCUT2D eigenvalue weighted by molar-refractivity contribution is 0.545. The van der Waals surface area contributed by atoms with Gasteiger partial charge in [-0.05, 0) is 76.9 Å². The molecule has 4 aromatic carbocycles. The molecule has 0 bridgehead atoms. The Bertz CT molecular complexity index is 1300. The van der Waals surface area contributed by atoms with Crippen molar-refractivity contribution in [3.63, 3.8) is 0 Å². The van der Waals surface area contributed by atoms with E-state index in [1.54, 1.807) is 0 Å². The van der Waals surface area contributed by atoms with E-state index in [4.69, 9.17) is 11.5 Å². The molecular weight excluding hydrogens is 581 g/mol. The second-order valence-corrected chi connectivity index (χ2v) is 14.2. The summed E-state index contributed by atoms with van der Waals surface area (Å²) in [6.45, 7) is 6.87. The molecule has 0 aliphatic heterocycles. The average molecular weight is 645 g/mol. The van der Waals surface area contributed by atoms with E-state index in [1.807, 2.05) is 24.3 Å². The maximum Gasteiger partial charge on any atom is 0.0314 e. The first-order chi connectivity index (χ1) is 23.5. The Labute approximate surface area is 293 Å². The summed E-state index contributed by atoms with van der Waals surface area (Å²) in [5, 5.41) is 0. The maximum atomic E-state index is 6.04. The molecule has 4 rings (SSSR count). The molecule has 0 amide bonds. The molecule has 2 atom stereocenters. The van der Waals surface area contributed by atoms with Gasteiger partial charge >= 0.3 is 0 Å². The van der Waals surface area contributed by atoms with Gasteiger partial charge in [0.05, 0.1) is 0 Å². The van der Waals surface area contributed by atoms with Crippen LogP contribution in [-0.2, 0) is 0 Å². The molecule has 2 heteroatoms. The molecule has 0 spiro atoms. The van der Waals surface area contributed by atoms with Gasteiger partial charge in [0.15, 0.2) is 0 Å². The molecule has 0 fully saturated rings. The second-order valence-electron chi connectivity index (χ2n) is 14.2. The van der Waals surface area contributed by atoms with E-state index in [-0.39, 0.29) is 0 Å². The Kier molecular flexibility index (Phi) is 16.1. The van der Waals surface area contributed by atoms with Crippen molar-refractivity contribution in [3.8, 4) is 0 Å². The van der Waals surface area contributed by atoms with E-state index in [0.29, 0.717) is 17.8 Å². The van der Waals surface area contributed by atoms with Gasteiger partial charge < -0.3 is 11.5 Å². The molecule has 0 aliphatic rings. The van der Waals surface area contributed by atoms with Gasteiger partial charge in [-0.2, -0.15) is 0 Å². The third kappa shape index (κ3) is 11.6. The van der Waals surface area contributed by atoms with Crippen LogP contribution in [0.4, 0.5) is 11.4 Å². The fourth-order valence-electron chi connectivity index (χ4n) is 7.43. The van der Waals surface area contributed by atoms with E-state index < -0.39 is 0 Å². The number of anilines is 2. The van der Waals surface area contributed by atoms with E-state index in [2.05, 4.69) is 93.6 Å². The quantitative estimate of drug-likeness (QED) is 0.0660. The average Bonchev–Trinajstić information content (AvgIpc) is 3.11. The summed E-state index contributed by atoms with van der Waals surface area (Å²) >= 11 is 0. The summed E-state index contributed by atoms with van der Waals surface area (Å²) in [4.78, 5) is 0. The number of benzene rings is 4. The molecule has 4 N–H and O–H groups in total. The summed E-state index contributed by atoms with van der Waals surface area (Å²) in [7, 11) is 0. The van der Waals surface area contributed by atoms with E-state index >= 15 is 0 Å². The highest BCUT2D eigenvalue weighted by Crippen LogP contribution is 2.36. The Hall–Kier alpha value is -3.52. The zero-order valence-electron chi connectivity index (χ0n) is 30.4. The van der Waals surface area contributed by atoms with Crippen molar-refractivity contribution in [2.24, 2.45) is 0 Å². The third-order valence-corrected chi connectivity index (χ3v) is 10.4. The van der Waals surface area contributed by atoms with Crippen LogP contribution in [0, 0.1) is 0 Å². The first-order valence-electron chi connectivity index (χ1n) is 19.4. The molecule has 2 unspecified atom stereocenters. The molecule has 258 valence electrons. The summed E-state index contributed by atoms with van der Waals surface area (Å²) in [5.41, 5.74) is 22.2. The molecule has 4 aromatic rings. The van der Waals surface area contributed by atoms with E-state index in [1.165, 1.54) is 123 Å². The minimum atomic E-state index is 0.406. The van der Waals surface area contributed by atoms with Crippen LogP contribution in [0.25, 0.3) is 0 Å². The predicted molar refractivity (Wildman–Crippen MR) is 211 cm³/mol. The first kappa shape index (κ1) is 37.3. The zero-order valence-corrected chi connectivity index (χ0v) is 30.4. The SMILES string of the molecule is CCCCCCCCCCCC(c1ccc(C(CCCC)c2ccc(N)cc2)cc1)c1ccc(C(CCCC)c2ccc(N)cc2)cc1. The lowest BCUT2D eigenvalue weighted by atomic mass is 9.82. The van der Waals surface area contributed by atoms with Crippen LogP contribution in [0.2, 0.25) is 0 Å². The highest BCUT2D eigenvalue weighted by Gasteiger charge is 2.19. The van der Waals surface area contributed by atoms with Gasteiger partial charge in [0.1, 0.15) is 0 Å². The van der Waals surface area contributed by atoms with Crippen molar-refractivity contribution >= 4 is 11.4 Å². The van der Waals surface area contributed by atoms with Gasteiger partial charge in [-0.3, -0.25) is 0 Å². The molecule has 0 aliphatic carbocycles. The minimum absolute atomic E-state index is 0.406. The van der Waals surface area contributed by atoms with E-state index in [0.717, 1.165) is 24.2 Å². The van der Waals surface area contributed by atoms with Crippen LogP contribution < -0.4 is 11.5 Å². The smallest absolute Gasteiger partial charge is 0.0314 e. The van der Waals surface area contributed by atoms with Crippen LogP contribution in [0.1, 0.15) is 175 Å². The molecule has 2 nitrogen and oxygen atoms in total. The highest BCUT2D eigenvalue weighted by atomic mass is 14.5. The van der Waals surface area contributed by atoms with Crippen molar-refractivity contribution in [2.45, 2.75) is 141 Å². The monoisotopic (exact) mass is 645 g/mol. The lowest BCUT2D eigenvalue weighted by Gasteiger charge is -2.23. The molecule has 0 aromatic heterocycles. The van der Waals surface area contributed by atoms with Crippen LogP contribution in [-0.4, -0.2) is 0 Å². The first-order valence-corrected chi connectivity index (χ1v) is 19.4. The molecule has 0 saturated carbocycles. The van der Waals surface area contributed by atoms with Crippen molar-refractivity contribution in [2.75, 3.05) is 11.5 Å². The Morgan fingerprint density at radius 3 is 0.833 bits per heavy atom. The summed E-state index contributed by atoms with van der Waals surface area (Å²) in [5.74, 6) is 1.22. The van der Waals surface area contributed by atoms with Gasteiger partial charge in [-0.25, -0.2) is 0 Å². The summed E-state index contributed by atoms with van der Waals surface area (Å²) in [6.07, 6.45) is 20.6. The molecular formula is C46H64N2. The Morgan fingerprint density at radius 2 is 0.542 bits per heavy atom. The van der Waals surface area contributed by atoms with Crippen LogP contribution in [0.15, 0.2) is 97.1 Å². The number of nitrogens with two attached hydrogens (primary N) is 2. The second kappa shape index (κ2) is 20.8. The van der Waals surface area contributed by atoms with Gasteiger partial charge in [0.25, 0.3) is 0 Å². The molecule has 0 heterocycles. The minimum Gasteiger partial charge on any atom is -0.399 e. The van der Waals surface area contributed by atoms with Crippen LogP contribution in [0.3, 0.4) is 0 Å². The number of nitrogen functional groups attached to an aromatic ring is 2. The van der Waals surface area contributed by atoms with Crippen molar-refractivity contribution in [1.29, 1.82) is 0 Å². The molecule has 0 radical (unpaired) electrons. The third-order valence-electron chi connectivity index (χ3n) is 10.4. The molecule has 0 saturated heterocycles. The number of hydrogen-bond acceptors (Lipinski definition) is 2. The highest BCUT2D eigenvalue weighted by molar-refractivity contribution is 5.45. The fraction of sp³-hybridized carbons (Fsp3) is 0.478. The van der Waals surface area contributed by atoms with Crippen molar-refractivity contribution < 1.29 is 0 Å². The van der Waals surface area contributed by atoms with Crippen LogP contribution in [0.5, 0.6) is 0 Å². The van der Waals surface area contributed by atoms with Crippen LogP contribution >= 0.6 is 0 Å². The number of rotatable bonds is 22.